The summed E-state index contributed by atoms with van der Waals surface area (Å²) >= 11 is 0. The van der Waals surface area contributed by atoms with Crippen LogP contribution < -0.4 is 16.0 Å². The highest BCUT2D eigenvalue weighted by atomic mass is 15.1. The van der Waals surface area contributed by atoms with E-state index in [1.165, 1.54) is 83.6 Å². The minimum absolute atomic E-state index is 0.952. The van der Waals surface area contributed by atoms with Crippen molar-refractivity contribution in [3.8, 4) is 0 Å². The van der Waals surface area contributed by atoms with Gasteiger partial charge in [-0.3, -0.25) is 0 Å². The normalized spacial score (nSPS) is 11.2. The lowest BCUT2D eigenvalue weighted by Gasteiger charge is -2.08. The summed E-state index contributed by atoms with van der Waals surface area (Å²) in [6.07, 6.45) is 16.6. The molecule has 134 valence electrons. The average molecular weight is 314 g/mol. The molecule has 3 N–H and O–H groups in total. The second-order valence-corrected chi connectivity index (χ2v) is 6.46. The van der Waals surface area contributed by atoms with Gasteiger partial charge < -0.3 is 16.0 Å². The van der Waals surface area contributed by atoms with Gasteiger partial charge in [0.25, 0.3) is 0 Å². The molecule has 0 aromatic carbocycles. The van der Waals surface area contributed by atoms with Gasteiger partial charge in [-0.1, -0.05) is 78.1 Å². The topological polar surface area (TPSA) is 36.1 Å². The number of unbranched alkanes of at least 4 members (excludes halogenated alkanes) is 10. The Morgan fingerprint density at radius 3 is 1.41 bits per heavy atom. The largest absolute Gasteiger partial charge is 0.315 e. The van der Waals surface area contributed by atoms with E-state index in [9.17, 15) is 0 Å². The molecule has 0 aliphatic rings. The fraction of sp³-hybridized carbons (Fsp3) is 1.00. The van der Waals surface area contributed by atoms with Gasteiger partial charge in [-0.2, -0.15) is 0 Å². The van der Waals surface area contributed by atoms with Gasteiger partial charge in [0.2, 0.25) is 0 Å². The van der Waals surface area contributed by atoms with Gasteiger partial charge in [-0.05, 0) is 25.9 Å². The number of rotatable bonds is 19. The van der Waals surface area contributed by atoms with E-state index in [1.54, 1.807) is 0 Å². The van der Waals surface area contributed by atoms with Crippen LogP contribution >= 0.6 is 0 Å². The molecule has 0 aliphatic heterocycles. The van der Waals surface area contributed by atoms with Crippen molar-refractivity contribution in [2.45, 2.75) is 90.9 Å². The van der Waals surface area contributed by atoms with E-state index in [0.29, 0.717) is 0 Å². The molecule has 22 heavy (non-hydrogen) atoms. The van der Waals surface area contributed by atoms with Crippen LogP contribution in [0, 0.1) is 0 Å². The lowest BCUT2D eigenvalue weighted by atomic mass is 10.1. The van der Waals surface area contributed by atoms with E-state index in [1.807, 2.05) is 0 Å². The summed E-state index contributed by atoms with van der Waals surface area (Å²) < 4.78 is 0. The van der Waals surface area contributed by atoms with Crippen molar-refractivity contribution in [1.82, 2.24) is 16.0 Å². The van der Waals surface area contributed by atoms with Gasteiger partial charge in [-0.25, -0.2) is 0 Å². The molecule has 0 atom stereocenters. The maximum Gasteiger partial charge on any atom is 0.0454 e. The quantitative estimate of drug-likeness (QED) is 0.244. The van der Waals surface area contributed by atoms with Crippen LogP contribution in [0.3, 0.4) is 0 Å². The Labute approximate surface area is 140 Å². The van der Waals surface area contributed by atoms with Crippen LogP contribution in [-0.2, 0) is 0 Å². The van der Waals surface area contributed by atoms with Gasteiger partial charge in [0, 0.05) is 19.8 Å². The summed E-state index contributed by atoms with van der Waals surface area (Å²) in [7, 11) is 0. The fourth-order valence-electron chi connectivity index (χ4n) is 2.63. The van der Waals surface area contributed by atoms with Crippen LogP contribution in [-0.4, -0.2) is 32.8 Å². The first-order valence-electron chi connectivity index (χ1n) is 10.0. The molecule has 0 aromatic heterocycles. The van der Waals surface area contributed by atoms with Crippen molar-refractivity contribution in [1.29, 1.82) is 0 Å². The van der Waals surface area contributed by atoms with Gasteiger partial charge in [0.05, 0.1) is 0 Å². The Balaban J connectivity index is 2.91. The highest BCUT2D eigenvalue weighted by molar-refractivity contribution is 4.54. The van der Waals surface area contributed by atoms with Crippen molar-refractivity contribution in [3.05, 3.63) is 0 Å². The minimum atomic E-state index is 0.952. The molecule has 0 amide bonds. The smallest absolute Gasteiger partial charge is 0.0454 e. The van der Waals surface area contributed by atoms with Crippen LogP contribution in [0.5, 0.6) is 0 Å². The van der Waals surface area contributed by atoms with Crippen molar-refractivity contribution >= 4 is 0 Å². The molecule has 0 spiro atoms. The maximum absolute atomic E-state index is 3.52. The van der Waals surface area contributed by atoms with Crippen molar-refractivity contribution < 1.29 is 0 Å². The van der Waals surface area contributed by atoms with Gasteiger partial charge in [-0.15, -0.1) is 0 Å². The first-order chi connectivity index (χ1) is 10.9. The van der Waals surface area contributed by atoms with E-state index in [4.69, 9.17) is 0 Å². The summed E-state index contributed by atoms with van der Waals surface area (Å²) in [4.78, 5) is 0. The standard InChI is InChI=1S/C19H43N3/c1-3-5-7-9-11-13-15-20-17-18-22-19-21-16-14-12-10-8-6-4-2/h20-22H,3-19H2,1-2H3. The first-order valence-corrected chi connectivity index (χ1v) is 10.0. The molecular weight excluding hydrogens is 270 g/mol. The molecule has 0 heterocycles. The van der Waals surface area contributed by atoms with Gasteiger partial charge in [0.1, 0.15) is 0 Å². The molecule has 0 saturated carbocycles. The van der Waals surface area contributed by atoms with E-state index in [0.717, 1.165) is 26.3 Å². The fourth-order valence-corrected chi connectivity index (χ4v) is 2.63. The minimum Gasteiger partial charge on any atom is -0.315 e. The molecule has 0 rings (SSSR count). The second-order valence-electron chi connectivity index (χ2n) is 6.46. The molecular formula is C19H43N3. The zero-order valence-electron chi connectivity index (χ0n) is 15.5. The third-order valence-electron chi connectivity index (χ3n) is 4.14. The lowest BCUT2D eigenvalue weighted by Crippen LogP contribution is -2.34. The SMILES string of the molecule is CCCCCCCCNCCNCNCCCCCCCC. The lowest BCUT2D eigenvalue weighted by molar-refractivity contribution is 0.522. The molecule has 3 nitrogen and oxygen atoms in total. The first kappa shape index (κ1) is 21.9. The third-order valence-corrected chi connectivity index (χ3v) is 4.14. The Kier molecular flexibility index (Phi) is 20.8. The Morgan fingerprint density at radius 2 is 0.818 bits per heavy atom. The summed E-state index contributed by atoms with van der Waals surface area (Å²) in [5, 5.41) is 10.4. The van der Waals surface area contributed by atoms with Gasteiger partial charge in [0.15, 0.2) is 0 Å². The van der Waals surface area contributed by atoms with E-state index in [-0.39, 0.29) is 0 Å². The van der Waals surface area contributed by atoms with Crippen LogP contribution in [0.1, 0.15) is 90.9 Å². The molecule has 0 bridgehead atoms. The zero-order valence-corrected chi connectivity index (χ0v) is 15.5. The molecule has 0 saturated heterocycles. The summed E-state index contributed by atoms with van der Waals surface area (Å²) in [5.41, 5.74) is 0. The second kappa shape index (κ2) is 20.9. The Hall–Kier alpha value is -0.120. The predicted molar refractivity (Wildman–Crippen MR) is 100 cm³/mol. The highest BCUT2D eigenvalue weighted by Gasteiger charge is 1.92. The van der Waals surface area contributed by atoms with Crippen LogP contribution in [0.2, 0.25) is 0 Å². The predicted octanol–water partition coefficient (Wildman–Crippen LogP) is 4.43. The maximum atomic E-state index is 3.52. The zero-order chi connectivity index (χ0) is 16.1. The summed E-state index contributed by atoms with van der Waals surface area (Å²) in [6, 6.07) is 0. The monoisotopic (exact) mass is 313 g/mol. The van der Waals surface area contributed by atoms with Gasteiger partial charge >= 0.3 is 0 Å². The molecule has 0 fully saturated rings. The van der Waals surface area contributed by atoms with E-state index < -0.39 is 0 Å². The van der Waals surface area contributed by atoms with Crippen molar-refractivity contribution in [2.24, 2.45) is 0 Å². The molecule has 0 radical (unpaired) electrons. The Morgan fingerprint density at radius 1 is 0.409 bits per heavy atom. The van der Waals surface area contributed by atoms with E-state index in [2.05, 4.69) is 29.8 Å². The molecule has 0 aliphatic carbocycles. The third kappa shape index (κ3) is 19.9. The number of nitrogens with one attached hydrogen (secondary N) is 3. The van der Waals surface area contributed by atoms with Crippen LogP contribution in [0.25, 0.3) is 0 Å². The number of hydrogen-bond acceptors (Lipinski definition) is 3. The Bertz CT molecular complexity index is 166. The summed E-state index contributed by atoms with van der Waals surface area (Å²) in [6.45, 7) is 10.00. The molecule has 0 unspecified atom stereocenters. The number of hydrogen-bond donors (Lipinski definition) is 3. The average Bonchev–Trinajstić information content (AvgIpc) is 2.54. The van der Waals surface area contributed by atoms with Crippen LogP contribution in [0.15, 0.2) is 0 Å². The van der Waals surface area contributed by atoms with Crippen LogP contribution in [0.4, 0.5) is 0 Å². The van der Waals surface area contributed by atoms with Crippen molar-refractivity contribution in [2.75, 3.05) is 32.8 Å². The highest BCUT2D eigenvalue weighted by Crippen LogP contribution is 2.04. The molecule has 0 aromatic rings. The molecule has 3 heteroatoms. The summed E-state index contributed by atoms with van der Waals surface area (Å²) in [5.74, 6) is 0. The van der Waals surface area contributed by atoms with Crippen molar-refractivity contribution in [3.63, 3.8) is 0 Å². The van der Waals surface area contributed by atoms with E-state index >= 15 is 0 Å².